The molecule has 82 valence electrons. The fourth-order valence-corrected chi connectivity index (χ4v) is 2.36. The van der Waals surface area contributed by atoms with E-state index in [2.05, 4.69) is 56.1 Å². The Morgan fingerprint density at radius 2 is 1.00 bits per heavy atom. The van der Waals surface area contributed by atoms with Gasteiger partial charge in [-0.05, 0) is 23.3 Å². The molecule has 0 saturated heterocycles. The maximum atomic E-state index is 3.55. The summed E-state index contributed by atoms with van der Waals surface area (Å²) < 4.78 is 2.24. The van der Waals surface area contributed by atoms with Gasteiger partial charge in [-0.25, -0.2) is 0 Å². The van der Waals surface area contributed by atoms with Crippen LogP contribution in [0.15, 0.2) is 57.5 Å². The van der Waals surface area contributed by atoms with Crippen molar-refractivity contribution in [2.24, 2.45) is 0 Å². The third-order valence-corrected chi connectivity index (χ3v) is 3.42. The first-order valence-corrected chi connectivity index (χ1v) is 5.87. The molecule has 0 unspecified atom stereocenters. The Labute approximate surface area is 142 Å². The number of benzene rings is 2. The van der Waals surface area contributed by atoms with E-state index in [-0.39, 0.29) is 42.9 Å². The van der Waals surface area contributed by atoms with Crippen molar-refractivity contribution in [2.45, 2.75) is 0 Å². The van der Waals surface area contributed by atoms with Crippen molar-refractivity contribution in [3.63, 3.8) is 0 Å². The standard InChI is InChI=1S/C12H8Br2.BrH.Mg.2H/c13-11-7-3-1-5-9(11)10-6-2-4-8-12(10)14;;;;/h1-8H;1H;;;/q;;+2;2*-1. The molecule has 0 N–H and O–H groups in total. The number of hydrogen-bond acceptors (Lipinski definition) is 0. The minimum absolute atomic E-state index is 0. The van der Waals surface area contributed by atoms with Gasteiger partial charge in [0.05, 0.1) is 0 Å². The molecular weight excluding hydrogens is 408 g/mol. The van der Waals surface area contributed by atoms with Crippen molar-refractivity contribution in [3.05, 3.63) is 57.5 Å². The Kier molecular flexibility index (Phi) is 8.19. The summed E-state index contributed by atoms with van der Waals surface area (Å²) in [6, 6.07) is 16.4. The Balaban J connectivity index is -0.000000562. The molecule has 0 atom stereocenters. The summed E-state index contributed by atoms with van der Waals surface area (Å²) in [5, 5.41) is 0. The van der Waals surface area contributed by atoms with Crippen LogP contribution >= 0.6 is 48.8 Å². The summed E-state index contributed by atoms with van der Waals surface area (Å²) in [5.74, 6) is 0. The SMILES string of the molecule is Br.Brc1ccccc1-c1ccccc1Br.[H-].[H-].[Mg+2]. The van der Waals surface area contributed by atoms with Crippen LogP contribution in [-0.4, -0.2) is 23.1 Å². The fourth-order valence-electron chi connectivity index (χ4n) is 1.36. The van der Waals surface area contributed by atoms with Crippen LogP contribution in [0.4, 0.5) is 0 Å². The van der Waals surface area contributed by atoms with Gasteiger partial charge in [0, 0.05) is 8.95 Å². The minimum atomic E-state index is 0. The van der Waals surface area contributed by atoms with E-state index in [0.29, 0.717) is 0 Å². The monoisotopic (exact) mass is 416 g/mol. The molecule has 0 aliphatic carbocycles. The predicted molar refractivity (Wildman–Crippen MR) is 85.6 cm³/mol. The van der Waals surface area contributed by atoms with Crippen LogP contribution in [-0.2, 0) is 0 Å². The second-order valence-electron chi connectivity index (χ2n) is 2.96. The van der Waals surface area contributed by atoms with Gasteiger partial charge in [0.25, 0.3) is 0 Å². The number of hydrogen-bond donors (Lipinski definition) is 0. The van der Waals surface area contributed by atoms with Crippen LogP contribution in [0.1, 0.15) is 2.85 Å². The van der Waals surface area contributed by atoms with Crippen molar-refractivity contribution in [1.82, 2.24) is 0 Å². The fraction of sp³-hybridized carbons (Fsp3) is 0. The summed E-state index contributed by atoms with van der Waals surface area (Å²) in [7, 11) is 0. The third-order valence-electron chi connectivity index (χ3n) is 2.04. The van der Waals surface area contributed by atoms with E-state index in [1.54, 1.807) is 0 Å². The Morgan fingerprint density at radius 1 is 0.688 bits per heavy atom. The molecule has 16 heavy (non-hydrogen) atoms. The van der Waals surface area contributed by atoms with E-state index in [4.69, 9.17) is 0 Å². The molecular formula is C12H11Br3Mg. The zero-order valence-electron chi connectivity index (χ0n) is 10.5. The third kappa shape index (κ3) is 3.84. The number of rotatable bonds is 1. The van der Waals surface area contributed by atoms with E-state index in [1.165, 1.54) is 11.1 Å². The molecule has 0 radical (unpaired) electrons. The van der Waals surface area contributed by atoms with Crippen LogP contribution in [0.3, 0.4) is 0 Å². The molecule has 2 aromatic carbocycles. The first kappa shape index (κ1) is 16.6. The van der Waals surface area contributed by atoms with Gasteiger partial charge in [-0.2, -0.15) is 0 Å². The quantitative estimate of drug-likeness (QED) is 0.551. The van der Waals surface area contributed by atoms with Gasteiger partial charge in [-0.15, -0.1) is 17.0 Å². The molecule has 2 aromatic rings. The van der Waals surface area contributed by atoms with Gasteiger partial charge >= 0.3 is 23.1 Å². The maximum Gasteiger partial charge on any atom is 2.00 e. The molecule has 0 saturated carbocycles. The topological polar surface area (TPSA) is 0 Å². The summed E-state index contributed by atoms with van der Waals surface area (Å²) in [6.07, 6.45) is 0. The summed E-state index contributed by atoms with van der Waals surface area (Å²) in [6.45, 7) is 0. The molecule has 0 aliphatic rings. The smallest absolute Gasteiger partial charge is 1.00 e. The van der Waals surface area contributed by atoms with Gasteiger partial charge in [0.2, 0.25) is 0 Å². The van der Waals surface area contributed by atoms with Crippen LogP contribution in [0, 0.1) is 0 Å². The second kappa shape index (κ2) is 7.87. The zero-order valence-corrected chi connectivity index (χ0v) is 14.8. The molecule has 0 nitrogen and oxygen atoms in total. The van der Waals surface area contributed by atoms with E-state index >= 15 is 0 Å². The van der Waals surface area contributed by atoms with Crippen molar-refractivity contribution < 1.29 is 2.85 Å². The zero-order chi connectivity index (χ0) is 9.97. The first-order chi connectivity index (χ1) is 6.79. The Morgan fingerprint density at radius 3 is 1.31 bits per heavy atom. The Bertz CT molecular complexity index is 423. The molecule has 4 heteroatoms. The molecule has 2 rings (SSSR count). The van der Waals surface area contributed by atoms with Crippen molar-refractivity contribution in [2.75, 3.05) is 0 Å². The summed E-state index contributed by atoms with van der Waals surface area (Å²) >= 11 is 7.09. The van der Waals surface area contributed by atoms with E-state index in [1.807, 2.05) is 24.3 Å². The van der Waals surface area contributed by atoms with Crippen molar-refractivity contribution in [3.8, 4) is 11.1 Å². The largest absolute Gasteiger partial charge is 2.00 e. The molecule has 0 amide bonds. The van der Waals surface area contributed by atoms with Crippen LogP contribution in [0.2, 0.25) is 0 Å². The van der Waals surface area contributed by atoms with E-state index < -0.39 is 0 Å². The number of halogens is 3. The van der Waals surface area contributed by atoms with Gasteiger partial charge in [-0.1, -0.05) is 68.3 Å². The molecule has 0 heterocycles. The minimum Gasteiger partial charge on any atom is -1.00 e. The first-order valence-electron chi connectivity index (χ1n) is 4.28. The normalized spacial score (nSPS) is 8.88. The second-order valence-corrected chi connectivity index (χ2v) is 4.67. The van der Waals surface area contributed by atoms with Crippen molar-refractivity contribution >= 4 is 71.9 Å². The van der Waals surface area contributed by atoms with Crippen LogP contribution in [0.25, 0.3) is 11.1 Å². The molecule has 0 aliphatic heterocycles. The van der Waals surface area contributed by atoms with Gasteiger partial charge in [0.1, 0.15) is 0 Å². The Hall–Kier alpha value is 0.646. The summed E-state index contributed by atoms with van der Waals surface area (Å²) in [4.78, 5) is 0. The van der Waals surface area contributed by atoms with E-state index in [0.717, 1.165) is 8.95 Å². The average molecular weight is 419 g/mol. The maximum absolute atomic E-state index is 3.55. The van der Waals surface area contributed by atoms with Crippen molar-refractivity contribution in [1.29, 1.82) is 0 Å². The molecule has 0 bridgehead atoms. The predicted octanol–water partition coefficient (Wildman–Crippen LogP) is 5.30. The van der Waals surface area contributed by atoms with Gasteiger partial charge in [-0.3, -0.25) is 0 Å². The van der Waals surface area contributed by atoms with Gasteiger partial charge in [0.15, 0.2) is 0 Å². The average Bonchev–Trinajstić information content (AvgIpc) is 2.20. The van der Waals surface area contributed by atoms with Crippen LogP contribution < -0.4 is 0 Å². The molecule has 0 spiro atoms. The summed E-state index contributed by atoms with van der Waals surface area (Å²) in [5.41, 5.74) is 2.42. The van der Waals surface area contributed by atoms with Gasteiger partial charge < -0.3 is 2.85 Å². The molecule has 0 aromatic heterocycles. The van der Waals surface area contributed by atoms with E-state index in [9.17, 15) is 0 Å². The molecule has 0 fully saturated rings. The van der Waals surface area contributed by atoms with Crippen LogP contribution in [0.5, 0.6) is 0 Å².